The summed E-state index contributed by atoms with van der Waals surface area (Å²) in [6.07, 6.45) is 4.24. The number of hydrogen-bond acceptors (Lipinski definition) is 7. The number of amides is 1. The van der Waals surface area contributed by atoms with Crippen molar-refractivity contribution in [2.75, 3.05) is 21.3 Å². The molecule has 0 saturated carbocycles. The molecule has 0 spiro atoms. The van der Waals surface area contributed by atoms with E-state index in [9.17, 15) is 14.4 Å². The van der Waals surface area contributed by atoms with Crippen LogP contribution in [0.25, 0.3) is 0 Å². The van der Waals surface area contributed by atoms with Crippen LogP contribution in [0.5, 0.6) is 17.2 Å². The molecular formula is C30H26N2O6. The van der Waals surface area contributed by atoms with Crippen LogP contribution in [0.4, 0.5) is 0 Å². The molecule has 3 aromatic rings. The first kappa shape index (κ1) is 26.1. The molecule has 38 heavy (non-hydrogen) atoms. The minimum Gasteiger partial charge on any atom is -0.497 e. The van der Waals surface area contributed by atoms with E-state index in [1.165, 1.54) is 17.3 Å². The third-order valence-electron chi connectivity index (χ3n) is 5.89. The quantitative estimate of drug-likeness (QED) is 0.293. The van der Waals surface area contributed by atoms with Crippen LogP contribution in [0.2, 0.25) is 0 Å². The Bertz CT molecular complexity index is 1420. The van der Waals surface area contributed by atoms with E-state index in [0.29, 0.717) is 45.3 Å². The molecule has 1 aliphatic heterocycles. The lowest BCUT2D eigenvalue weighted by Crippen LogP contribution is -2.31. The summed E-state index contributed by atoms with van der Waals surface area (Å²) in [7, 11) is 4.64. The van der Waals surface area contributed by atoms with Crippen molar-refractivity contribution in [2.45, 2.75) is 6.42 Å². The highest BCUT2D eigenvalue weighted by molar-refractivity contribution is 6.08. The fourth-order valence-corrected chi connectivity index (χ4v) is 3.74. The van der Waals surface area contributed by atoms with Crippen LogP contribution < -0.4 is 14.2 Å². The van der Waals surface area contributed by atoms with Crippen LogP contribution in [0, 0.1) is 0 Å². The van der Waals surface area contributed by atoms with Gasteiger partial charge in [0.05, 0.1) is 39.1 Å². The van der Waals surface area contributed by atoms with Crippen molar-refractivity contribution in [1.82, 2.24) is 4.90 Å². The summed E-state index contributed by atoms with van der Waals surface area (Å²) < 4.78 is 15.5. The molecule has 3 aromatic carbocycles. The predicted octanol–water partition coefficient (Wildman–Crippen LogP) is 5.12. The standard InChI is InChI=1S/C30H26N2O6/c1-36-25-10-4-20(5-11-25)28(33)17-23-16-24(18-29(34)21-6-12-26(37-2)13-7-21)32(19-31-23)30(35)22-8-14-27(38-3)15-9-22/h4-16,18-19H,17H2,1-3H3/b24-18+. The number of aliphatic imine (C=N–C) groups is 1. The molecule has 0 aromatic heterocycles. The average molecular weight is 511 g/mol. The van der Waals surface area contributed by atoms with E-state index < -0.39 is 0 Å². The van der Waals surface area contributed by atoms with Crippen molar-refractivity contribution in [2.24, 2.45) is 4.99 Å². The van der Waals surface area contributed by atoms with Crippen molar-refractivity contribution in [3.05, 3.63) is 113 Å². The molecule has 1 aliphatic rings. The van der Waals surface area contributed by atoms with E-state index in [2.05, 4.69) is 4.99 Å². The minimum atomic E-state index is -0.387. The molecule has 1 amide bonds. The number of ether oxygens (including phenoxy) is 3. The van der Waals surface area contributed by atoms with Crippen molar-refractivity contribution in [3.8, 4) is 17.2 Å². The molecule has 0 saturated heterocycles. The summed E-state index contributed by atoms with van der Waals surface area (Å²) in [5.74, 6) is 1.01. The lowest BCUT2D eigenvalue weighted by molar-refractivity contribution is 0.0883. The van der Waals surface area contributed by atoms with Gasteiger partial charge in [-0.3, -0.25) is 19.3 Å². The van der Waals surface area contributed by atoms with E-state index in [-0.39, 0.29) is 23.9 Å². The maximum absolute atomic E-state index is 13.3. The van der Waals surface area contributed by atoms with Crippen LogP contribution in [0.3, 0.4) is 0 Å². The normalized spacial score (nSPS) is 13.6. The van der Waals surface area contributed by atoms with Gasteiger partial charge in [-0.15, -0.1) is 0 Å². The lowest BCUT2D eigenvalue weighted by Gasteiger charge is -2.23. The van der Waals surface area contributed by atoms with Gasteiger partial charge in [0.15, 0.2) is 11.6 Å². The SMILES string of the molecule is COc1ccc(C(=O)/C=C2\C=C(CC(=O)c3ccc(OC)cc3)N=CN2C(=O)c2ccc(OC)cc2)cc1. The van der Waals surface area contributed by atoms with Gasteiger partial charge in [-0.05, 0) is 78.9 Å². The topological polar surface area (TPSA) is 94.5 Å². The number of allylic oxidation sites excluding steroid dienone is 3. The fourth-order valence-electron chi connectivity index (χ4n) is 3.74. The van der Waals surface area contributed by atoms with Crippen molar-refractivity contribution in [1.29, 1.82) is 0 Å². The number of hydrogen-bond donors (Lipinski definition) is 0. The molecule has 0 bridgehead atoms. The van der Waals surface area contributed by atoms with Crippen molar-refractivity contribution < 1.29 is 28.6 Å². The summed E-state index contributed by atoms with van der Waals surface area (Å²) in [6.45, 7) is 0. The molecule has 8 nitrogen and oxygen atoms in total. The van der Waals surface area contributed by atoms with Crippen LogP contribution in [0.1, 0.15) is 37.5 Å². The van der Waals surface area contributed by atoms with Gasteiger partial charge in [-0.25, -0.2) is 4.99 Å². The molecule has 0 N–H and O–H groups in total. The smallest absolute Gasteiger partial charge is 0.263 e. The number of carbonyl (C=O) groups is 3. The summed E-state index contributed by atoms with van der Waals surface area (Å²) in [5.41, 5.74) is 2.00. The number of rotatable bonds is 9. The third-order valence-corrected chi connectivity index (χ3v) is 5.89. The van der Waals surface area contributed by atoms with Crippen LogP contribution >= 0.6 is 0 Å². The first-order valence-corrected chi connectivity index (χ1v) is 11.7. The highest BCUT2D eigenvalue weighted by atomic mass is 16.5. The zero-order valence-electron chi connectivity index (χ0n) is 21.2. The molecule has 0 unspecified atom stereocenters. The van der Waals surface area contributed by atoms with Crippen LogP contribution in [0.15, 0.2) is 101 Å². The monoisotopic (exact) mass is 510 g/mol. The maximum Gasteiger partial charge on any atom is 0.263 e. The molecule has 0 atom stereocenters. The number of Topliss-reactive ketones (excluding diaryl/α,β-unsaturated/α-hetero) is 1. The van der Waals surface area contributed by atoms with E-state index in [0.717, 1.165) is 0 Å². The second-order valence-electron chi connectivity index (χ2n) is 8.27. The number of carbonyl (C=O) groups excluding carboxylic acids is 3. The van der Waals surface area contributed by atoms with E-state index in [1.807, 2.05) is 0 Å². The first-order chi connectivity index (χ1) is 18.4. The Morgan fingerprint density at radius 3 is 1.68 bits per heavy atom. The van der Waals surface area contributed by atoms with Crippen molar-refractivity contribution >= 4 is 23.8 Å². The third kappa shape index (κ3) is 6.04. The molecule has 0 radical (unpaired) electrons. The summed E-state index contributed by atoms with van der Waals surface area (Å²) in [4.78, 5) is 44.9. The molecular weight excluding hydrogens is 484 g/mol. The number of nitrogens with zero attached hydrogens (tertiary/aromatic N) is 2. The summed E-state index contributed by atoms with van der Waals surface area (Å²) >= 11 is 0. The second kappa shape index (κ2) is 11.8. The largest absolute Gasteiger partial charge is 0.497 e. The summed E-state index contributed by atoms with van der Waals surface area (Å²) in [6, 6.07) is 20.0. The van der Waals surface area contributed by atoms with Gasteiger partial charge in [0.25, 0.3) is 5.91 Å². The van der Waals surface area contributed by atoms with E-state index in [4.69, 9.17) is 14.2 Å². The van der Waals surface area contributed by atoms with Gasteiger partial charge >= 0.3 is 0 Å². The zero-order chi connectivity index (χ0) is 27.1. The van der Waals surface area contributed by atoms with Gasteiger partial charge in [0, 0.05) is 22.8 Å². The first-order valence-electron chi connectivity index (χ1n) is 11.7. The molecule has 192 valence electrons. The fraction of sp³-hybridized carbons (Fsp3) is 0.133. The van der Waals surface area contributed by atoms with Crippen LogP contribution in [-0.2, 0) is 0 Å². The van der Waals surface area contributed by atoms with E-state index >= 15 is 0 Å². The maximum atomic E-state index is 13.3. The van der Waals surface area contributed by atoms with Gasteiger partial charge in [-0.1, -0.05) is 0 Å². The Morgan fingerprint density at radius 1 is 0.711 bits per heavy atom. The molecule has 4 rings (SSSR count). The highest BCUT2D eigenvalue weighted by Crippen LogP contribution is 2.24. The van der Waals surface area contributed by atoms with Crippen LogP contribution in [-0.4, -0.2) is 50.0 Å². The number of ketones is 2. The van der Waals surface area contributed by atoms with Gasteiger partial charge in [-0.2, -0.15) is 0 Å². The number of methoxy groups -OCH3 is 3. The molecule has 8 heteroatoms. The molecule has 0 fully saturated rings. The Labute approximate surface area is 220 Å². The average Bonchev–Trinajstić information content (AvgIpc) is 2.97. The Morgan fingerprint density at radius 2 is 1.18 bits per heavy atom. The Balaban J connectivity index is 1.63. The molecule has 0 aliphatic carbocycles. The predicted molar refractivity (Wildman–Crippen MR) is 143 cm³/mol. The highest BCUT2D eigenvalue weighted by Gasteiger charge is 2.23. The number of benzene rings is 3. The Hall–Kier alpha value is -4.98. The second-order valence-corrected chi connectivity index (χ2v) is 8.27. The molecule has 1 heterocycles. The van der Waals surface area contributed by atoms with Gasteiger partial charge in [0.2, 0.25) is 0 Å². The van der Waals surface area contributed by atoms with Gasteiger partial charge in [0.1, 0.15) is 23.6 Å². The van der Waals surface area contributed by atoms with Crippen molar-refractivity contribution in [3.63, 3.8) is 0 Å². The zero-order valence-corrected chi connectivity index (χ0v) is 21.2. The summed E-state index contributed by atoms with van der Waals surface area (Å²) in [5, 5.41) is 0. The van der Waals surface area contributed by atoms with E-state index in [1.54, 1.807) is 100 Å². The van der Waals surface area contributed by atoms with Gasteiger partial charge < -0.3 is 14.2 Å². The lowest BCUT2D eigenvalue weighted by atomic mass is 10.0. The minimum absolute atomic E-state index is 0.0124. The Kier molecular flexibility index (Phi) is 8.13.